The molecule has 0 aromatic heterocycles. The molecule has 1 aromatic carbocycles. The molecule has 1 aromatic rings. The molecule has 20 heavy (non-hydrogen) atoms. The van der Waals surface area contributed by atoms with Crippen molar-refractivity contribution in [2.24, 2.45) is 5.41 Å². The number of likely N-dealkylation sites (N-methyl/N-ethyl adjacent to an activating group) is 1. The summed E-state index contributed by atoms with van der Waals surface area (Å²) in [6.45, 7) is 10.4. The molecule has 1 aliphatic heterocycles. The molecule has 0 N–H and O–H groups in total. The molecule has 0 bridgehead atoms. The third kappa shape index (κ3) is 2.58. The van der Waals surface area contributed by atoms with Crippen molar-refractivity contribution in [3.8, 4) is 0 Å². The van der Waals surface area contributed by atoms with Crippen molar-refractivity contribution in [2.75, 3.05) is 7.05 Å². The number of hydrogen-bond donors (Lipinski definition) is 0. The number of carbonyl (C=O) groups is 1. The molecule has 1 saturated heterocycles. The number of amides is 1. The van der Waals surface area contributed by atoms with Gasteiger partial charge in [0.2, 0.25) is 5.91 Å². The molecule has 2 rings (SSSR count). The van der Waals surface area contributed by atoms with Gasteiger partial charge in [0.05, 0.1) is 0 Å². The molecule has 0 aliphatic carbocycles. The van der Waals surface area contributed by atoms with Crippen LogP contribution in [-0.2, 0) is 11.2 Å². The fraction of sp³-hybridized carbons (Fsp3) is 0.471. The van der Waals surface area contributed by atoms with Crippen LogP contribution in [0.15, 0.2) is 43.1 Å². The maximum atomic E-state index is 12.6. The molecular weight excluding hydrogens is 248 g/mol. The molecule has 0 spiro atoms. The van der Waals surface area contributed by atoms with Gasteiger partial charge in [-0.05, 0) is 11.8 Å². The van der Waals surface area contributed by atoms with E-state index in [0.717, 1.165) is 6.42 Å². The van der Waals surface area contributed by atoms with E-state index in [-0.39, 0.29) is 23.5 Å². The summed E-state index contributed by atoms with van der Waals surface area (Å²) < 4.78 is 0. The minimum Gasteiger partial charge on any atom is -0.345 e. The predicted molar refractivity (Wildman–Crippen MR) is 82.0 cm³/mol. The molecule has 0 saturated carbocycles. The van der Waals surface area contributed by atoms with Gasteiger partial charge in [-0.2, -0.15) is 0 Å². The van der Waals surface area contributed by atoms with Crippen molar-refractivity contribution < 1.29 is 4.79 Å². The van der Waals surface area contributed by atoms with Gasteiger partial charge in [0, 0.05) is 18.9 Å². The van der Waals surface area contributed by atoms with E-state index in [9.17, 15) is 4.79 Å². The molecule has 2 atom stereocenters. The zero-order valence-corrected chi connectivity index (χ0v) is 12.8. The number of nitrogens with zero attached hydrogens (tertiary/aromatic N) is 2. The summed E-state index contributed by atoms with van der Waals surface area (Å²) in [4.78, 5) is 16.5. The van der Waals surface area contributed by atoms with E-state index >= 15 is 0 Å². The van der Waals surface area contributed by atoms with Crippen LogP contribution in [-0.4, -0.2) is 35.0 Å². The summed E-state index contributed by atoms with van der Waals surface area (Å²) in [6.07, 6.45) is 2.59. The largest absolute Gasteiger partial charge is 0.345 e. The van der Waals surface area contributed by atoms with Crippen molar-refractivity contribution in [1.82, 2.24) is 9.80 Å². The average molecular weight is 272 g/mol. The molecule has 0 radical (unpaired) electrons. The highest BCUT2D eigenvalue weighted by atomic mass is 16.2. The first-order valence-corrected chi connectivity index (χ1v) is 7.07. The van der Waals surface area contributed by atoms with Crippen LogP contribution in [0.25, 0.3) is 0 Å². The SMILES string of the molecule is C=CN1C(Cc2ccccc2)C(=O)N(C)C1C(C)(C)C. The van der Waals surface area contributed by atoms with Crippen molar-refractivity contribution in [3.05, 3.63) is 48.7 Å². The normalized spacial score (nSPS) is 23.3. The van der Waals surface area contributed by atoms with Crippen LogP contribution in [0, 0.1) is 5.41 Å². The van der Waals surface area contributed by atoms with Gasteiger partial charge in [0.15, 0.2) is 0 Å². The van der Waals surface area contributed by atoms with Crippen LogP contribution >= 0.6 is 0 Å². The van der Waals surface area contributed by atoms with Gasteiger partial charge in [-0.3, -0.25) is 4.79 Å². The Labute approximate surface area is 121 Å². The molecule has 1 aliphatic rings. The zero-order chi connectivity index (χ0) is 14.9. The summed E-state index contributed by atoms with van der Waals surface area (Å²) in [5.74, 6) is 0.175. The third-order valence-corrected chi connectivity index (χ3v) is 3.90. The fourth-order valence-electron chi connectivity index (χ4n) is 3.14. The minimum absolute atomic E-state index is 0.00988. The van der Waals surface area contributed by atoms with E-state index in [2.05, 4.69) is 44.4 Å². The Morgan fingerprint density at radius 3 is 2.35 bits per heavy atom. The minimum atomic E-state index is -0.149. The molecule has 2 unspecified atom stereocenters. The summed E-state index contributed by atoms with van der Waals surface area (Å²) in [6, 6.07) is 10.0. The molecule has 1 fully saturated rings. The lowest BCUT2D eigenvalue weighted by Gasteiger charge is -2.38. The van der Waals surface area contributed by atoms with Gasteiger partial charge < -0.3 is 9.80 Å². The second kappa shape index (κ2) is 5.31. The number of benzene rings is 1. The first kappa shape index (κ1) is 14.6. The Hall–Kier alpha value is -1.77. The van der Waals surface area contributed by atoms with Gasteiger partial charge >= 0.3 is 0 Å². The first-order valence-electron chi connectivity index (χ1n) is 7.07. The monoisotopic (exact) mass is 272 g/mol. The van der Waals surface area contributed by atoms with Crippen LogP contribution < -0.4 is 0 Å². The molecule has 3 nitrogen and oxygen atoms in total. The van der Waals surface area contributed by atoms with Crippen molar-refractivity contribution in [2.45, 2.75) is 39.4 Å². The quantitative estimate of drug-likeness (QED) is 0.844. The second-order valence-electron chi connectivity index (χ2n) is 6.52. The standard InChI is InChI=1S/C17H24N2O/c1-6-19-14(12-13-10-8-7-9-11-13)15(20)18(5)16(19)17(2,3)4/h6-11,14,16H,1,12H2,2-5H3. The summed E-state index contributed by atoms with van der Waals surface area (Å²) in [5, 5.41) is 0. The second-order valence-corrected chi connectivity index (χ2v) is 6.52. The predicted octanol–water partition coefficient (Wildman–Crippen LogP) is 2.89. The maximum Gasteiger partial charge on any atom is 0.247 e. The smallest absolute Gasteiger partial charge is 0.247 e. The van der Waals surface area contributed by atoms with Crippen LogP contribution in [0.2, 0.25) is 0 Å². The average Bonchev–Trinajstić information content (AvgIpc) is 2.64. The highest BCUT2D eigenvalue weighted by molar-refractivity contribution is 5.84. The Bertz CT molecular complexity index is 489. The zero-order valence-electron chi connectivity index (χ0n) is 12.8. The van der Waals surface area contributed by atoms with Gasteiger partial charge in [0.25, 0.3) is 0 Å². The highest BCUT2D eigenvalue weighted by Crippen LogP contribution is 2.34. The van der Waals surface area contributed by atoms with Gasteiger partial charge in [-0.15, -0.1) is 0 Å². The van der Waals surface area contributed by atoms with Crippen molar-refractivity contribution in [1.29, 1.82) is 0 Å². The Balaban J connectivity index is 2.29. The Morgan fingerprint density at radius 1 is 1.25 bits per heavy atom. The van der Waals surface area contributed by atoms with Gasteiger partial charge in [0.1, 0.15) is 12.2 Å². The molecule has 1 heterocycles. The lowest BCUT2D eigenvalue weighted by atomic mass is 9.91. The van der Waals surface area contributed by atoms with E-state index in [4.69, 9.17) is 0 Å². The number of hydrogen-bond acceptors (Lipinski definition) is 2. The van der Waals surface area contributed by atoms with Gasteiger partial charge in [-0.1, -0.05) is 57.7 Å². The topological polar surface area (TPSA) is 23.6 Å². The summed E-state index contributed by atoms with van der Waals surface area (Å²) in [7, 11) is 1.89. The van der Waals surface area contributed by atoms with E-state index in [1.54, 1.807) is 0 Å². The fourth-order valence-corrected chi connectivity index (χ4v) is 3.14. The lowest BCUT2D eigenvalue weighted by Crippen LogP contribution is -2.45. The van der Waals surface area contributed by atoms with E-state index in [1.165, 1.54) is 5.56 Å². The number of rotatable bonds is 3. The number of carbonyl (C=O) groups excluding carboxylic acids is 1. The summed E-state index contributed by atoms with van der Waals surface area (Å²) >= 11 is 0. The highest BCUT2D eigenvalue weighted by Gasteiger charge is 2.47. The van der Waals surface area contributed by atoms with Crippen LogP contribution in [0.3, 0.4) is 0 Å². The Morgan fingerprint density at radius 2 is 1.85 bits per heavy atom. The molecule has 1 amide bonds. The molecule has 3 heteroatoms. The van der Waals surface area contributed by atoms with Gasteiger partial charge in [-0.25, -0.2) is 0 Å². The van der Waals surface area contributed by atoms with Crippen LogP contribution in [0.5, 0.6) is 0 Å². The van der Waals surface area contributed by atoms with Crippen molar-refractivity contribution in [3.63, 3.8) is 0 Å². The molecule has 108 valence electrons. The molecular formula is C17H24N2O. The van der Waals surface area contributed by atoms with Crippen molar-refractivity contribution >= 4 is 5.91 Å². The van der Waals surface area contributed by atoms with E-state index in [0.29, 0.717) is 0 Å². The van der Waals surface area contributed by atoms with E-state index in [1.807, 2.05) is 36.3 Å². The third-order valence-electron chi connectivity index (χ3n) is 3.90. The maximum absolute atomic E-state index is 12.6. The van der Waals surface area contributed by atoms with Crippen LogP contribution in [0.4, 0.5) is 0 Å². The van der Waals surface area contributed by atoms with E-state index < -0.39 is 0 Å². The first-order chi connectivity index (χ1) is 9.36. The lowest BCUT2D eigenvalue weighted by molar-refractivity contribution is -0.129. The van der Waals surface area contributed by atoms with Crippen LogP contribution in [0.1, 0.15) is 26.3 Å². The Kier molecular flexibility index (Phi) is 3.89. The summed E-state index contributed by atoms with van der Waals surface area (Å²) in [5.41, 5.74) is 1.17.